The summed E-state index contributed by atoms with van der Waals surface area (Å²) in [5, 5.41) is 11.6. The number of carbonyl (C=O) groups is 2. The lowest BCUT2D eigenvalue weighted by Gasteiger charge is -2.17. The molecule has 0 spiro atoms. The van der Waals surface area contributed by atoms with Crippen LogP contribution in [0.5, 0.6) is 0 Å². The molecule has 5 heteroatoms. The van der Waals surface area contributed by atoms with E-state index in [0.29, 0.717) is 11.3 Å². The summed E-state index contributed by atoms with van der Waals surface area (Å²) in [4.78, 5) is 22.8. The highest BCUT2D eigenvalue weighted by atomic mass is 16.4. The Hall–Kier alpha value is -1.88. The normalized spacial score (nSPS) is 12.3. The number of hydrogen-bond donors (Lipinski definition) is 3. The Morgan fingerprint density at radius 3 is 2.44 bits per heavy atom. The summed E-state index contributed by atoms with van der Waals surface area (Å²) in [5.41, 5.74) is 6.90. The van der Waals surface area contributed by atoms with E-state index in [2.05, 4.69) is 5.32 Å². The van der Waals surface area contributed by atoms with Crippen LogP contribution < -0.4 is 11.1 Å². The van der Waals surface area contributed by atoms with Gasteiger partial charge in [-0.3, -0.25) is 4.79 Å². The van der Waals surface area contributed by atoms with Crippen molar-refractivity contribution in [2.75, 3.05) is 5.32 Å². The number of anilines is 1. The van der Waals surface area contributed by atoms with Crippen molar-refractivity contribution in [3.63, 3.8) is 0 Å². The van der Waals surface area contributed by atoms with Crippen LogP contribution in [-0.2, 0) is 4.79 Å². The Morgan fingerprint density at radius 2 is 1.94 bits per heavy atom. The van der Waals surface area contributed by atoms with Crippen molar-refractivity contribution in [3.8, 4) is 0 Å². The van der Waals surface area contributed by atoms with Crippen LogP contribution in [0.25, 0.3) is 0 Å². The van der Waals surface area contributed by atoms with E-state index in [9.17, 15) is 9.59 Å². The SMILES string of the molecule is Cc1c(NC(=O)C(N)C(C)C)cccc1C(=O)O. The van der Waals surface area contributed by atoms with Gasteiger partial charge in [0.05, 0.1) is 11.6 Å². The Kier molecular flexibility index (Phi) is 4.44. The number of hydrogen-bond acceptors (Lipinski definition) is 3. The lowest BCUT2D eigenvalue weighted by molar-refractivity contribution is -0.118. The topological polar surface area (TPSA) is 92.4 Å². The van der Waals surface area contributed by atoms with E-state index < -0.39 is 12.0 Å². The minimum atomic E-state index is -1.02. The lowest BCUT2D eigenvalue weighted by Crippen LogP contribution is -2.39. The molecule has 0 saturated heterocycles. The fourth-order valence-electron chi connectivity index (χ4n) is 1.52. The first-order valence-electron chi connectivity index (χ1n) is 5.74. The molecule has 1 amide bonds. The number of benzene rings is 1. The Labute approximate surface area is 106 Å². The van der Waals surface area contributed by atoms with Crippen molar-refractivity contribution >= 4 is 17.6 Å². The molecule has 0 aromatic heterocycles. The van der Waals surface area contributed by atoms with Crippen LogP contribution in [0.1, 0.15) is 29.8 Å². The zero-order valence-electron chi connectivity index (χ0n) is 10.7. The summed E-state index contributed by atoms with van der Waals surface area (Å²) in [6.45, 7) is 5.36. The third-order valence-corrected chi connectivity index (χ3v) is 2.84. The first-order chi connectivity index (χ1) is 8.34. The molecule has 0 saturated carbocycles. The molecule has 0 aliphatic carbocycles. The highest BCUT2D eigenvalue weighted by molar-refractivity contribution is 5.98. The summed E-state index contributed by atoms with van der Waals surface area (Å²) in [6, 6.07) is 4.13. The number of nitrogens with one attached hydrogen (secondary N) is 1. The third kappa shape index (κ3) is 3.07. The van der Waals surface area contributed by atoms with E-state index in [1.54, 1.807) is 19.1 Å². The molecule has 0 bridgehead atoms. The molecule has 0 aliphatic rings. The molecule has 1 aromatic carbocycles. The second kappa shape index (κ2) is 5.64. The standard InChI is InChI=1S/C13H18N2O3/c1-7(2)11(14)12(16)15-10-6-4-5-9(8(10)3)13(17)18/h4-7,11H,14H2,1-3H3,(H,15,16)(H,17,18). The van der Waals surface area contributed by atoms with Gasteiger partial charge in [-0.2, -0.15) is 0 Å². The number of carboxylic acid groups (broad SMARTS) is 1. The van der Waals surface area contributed by atoms with Gasteiger partial charge < -0.3 is 16.2 Å². The van der Waals surface area contributed by atoms with Gasteiger partial charge >= 0.3 is 5.97 Å². The quantitative estimate of drug-likeness (QED) is 0.757. The number of aromatic carboxylic acids is 1. The molecule has 18 heavy (non-hydrogen) atoms. The van der Waals surface area contributed by atoms with Crippen molar-refractivity contribution in [1.82, 2.24) is 0 Å². The molecule has 0 radical (unpaired) electrons. The maximum atomic E-state index is 11.8. The maximum Gasteiger partial charge on any atom is 0.336 e. The van der Waals surface area contributed by atoms with Crippen molar-refractivity contribution in [3.05, 3.63) is 29.3 Å². The molecular weight excluding hydrogens is 232 g/mol. The zero-order chi connectivity index (χ0) is 13.9. The molecule has 1 atom stereocenters. The summed E-state index contributed by atoms with van der Waals surface area (Å²) >= 11 is 0. The van der Waals surface area contributed by atoms with E-state index in [1.807, 2.05) is 13.8 Å². The second-order valence-corrected chi connectivity index (χ2v) is 4.54. The van der Waals surface area contributed by atoms with Crippen molar-refractivity contribution in [2.45, 2.75) is 26.8 Å². The molecule has 98 valence electrons. The molecule has 1 aromatic rings. The van der Waals surface area contributed by atoms with Crippen molar-refractivity contribution in [1.29, 1.82) is 0 Å². The fraction of sp³-hybridized carbons (Fsp3) is 0.385. The van der Waals surface area contributed by atoms with Gasteiger partial charge in [-0.25, -0.2) is 4.79 Å². The van der Waals surface area contributed by atoms with Crippen LogP contribution >= 0.6 is 0 Å². The smallest absolute Gasteiger partial charge is 0.336 e. The lowest BCUT2D eigenvalue weighted by atomic mass is 10.0. The van der Waals surface area contributed by atoms with Gasteiger partial charge in [-0.15, -0.1) is 0 Å². The van der Waals surface area contributed by atoms with Gasteiger partial charge in [0.25, 0.3) is 0 Å². The highest BCUT2D eigenvalue weighted by Crippen LogP contribution is 2.19. The van der Waals surface area contributed by atoms with Crippen LogP contribution in [0.2, 0.25) is 0 Å². The minimum absolute atomic E-state index is 0.0213. The zero-order valence-corrected chi connectivity index (χ0v) is 10.7. The molecule has 0 heterocycles. The second-order valence-electron chi connectivity index (χ2n) is 4.54. The van der Waals surface area contributed by atoms with Gasteiger partial charge in [0.15, 0.2) is 0 Å². The van der Waals surface area contributed by atoms with Crippen LogP contribution in [-0.4, -0.2) is 23.0 Å². The number of carboxylic acids is 1. The molecule has 0 fully saturated rings. The van der Waals surface area contributed by atoms with E-state index in [4.69, 9.17) is 10.8 Å². The Bertz CT molecular complexity index is 469. The van der Waals surface area contributed by atoms with Crippen molar-refractivity contribution in [2.24, 2.45) is 11.7 Å². The number of carbonyl (C=O) groups excluding carboxylic acids is 1. The number of rotatable bonds is 4. The Morgan fingerprint density at radius 1 is 1.33 bits per heavy atom. The van der Waals surface area contributed by atoms with Gasteiger partial charge in [0.2, 0.25) is 5.91 Å². The van der Waals surface area contributed by atoms with E-state index in [-0.39, 0.29) is 17.4 Å². The van der Waals surface area contributed by atoms with Gasteiger partial charge in [0.1, 0.15) is 0 Å². The predicted octanol–water partition coefficient (Wildman–Crippen LogP) is 1.62. The fourth-order valence-corrected chi connectivity index (χ4v) is 1.52. The molecule has 5 nitrogen and oxygen atoms in total. The van der Waals surface area contributed by atoms with Crippen LogP contribution in [0, 0.1) is 12.8 Å². The molecule has 0 aliphatic heterocycles. The van der Waals surface area contributed by atoms with Crippen LogP contribution in [0.4, 0.5) is 5.69 Å². The summed E-state index contributed by atoms with van der Waals surface area (Å²) in [5.74, 6) is -1.31. The average Bonchev–Trinajstić information content (AvgIpc) is 2.30. The molecule has 1 rings (SSSR count). The van der Waals surface area contributed by atoms with Crippen LogP contribution in [0.15, 0.2) is 18.2 Å². The monoisotopic (exact) mass is 250 g/mol. The maximum absolute atomic E-state index is 11.8. The predicted molar refractivity (Wildman–Crippen MR) is 69.6 cm³/mol. The largest absolute Gasteiger partial charge is 0.478 e. The summed E-state index contributed by atoms with van der Waals surface area (Å²) in [7, 11) is 0. The third-order valence-electron chi connectivity index (χ3n) is 2.84. The highest BCUT2D eigenvalue weighted by Gasteiger charge is 2.19. The molecular formula is C13H18N2O3. The molecule has 1 unspecified atom stereocenters. The molecule has 4 N–H and O–H groups in total. The number of amides is 1. The Balaban J connectivity index is 2.96. The summed E-state index contributed by atoms with van der Waals surface area (Å²) < 4.78 is 0. The van der Waals surface area contributed by atoms with E-state index >= 15 is 0 Å². The first-order valence-corrected chi connectivity index (χ1v) is 5.74. The van der Waals surface area contributed by atoms with Gasteiger partial charge in [0, 0.05) is 5.69 Å². The average molecular weight is 250 g/mol. The van der Waals surface area contributed by atoms with Gasteiger partial charge in [-0.1, -0.05) is 19.9 Å². The van der Waals surface area contributed by atoms with Gasteiger partial charge in [-0.05, 0) is 30.5 Å². The van der Waals surface area contributed by atoms with Crippen LogP contribution in [0.3, 0.4) is 0 Å². The van der Waals surface area contributed by atoms with E-state index in [0.717, 1.165) is 0 Å². The first kappa shape index (κ1) is 14.2. The number of nitrogens with two attached hydrogens (primary N) is 1. The summed E-state index contributed by atoms with van der Waals surface area (Å²) in [6.07, 6.45) is 0. The minimum Gasteiger partial charge on any atom is -0.478 e. The van der Waals surface area contributed by atoms with E-state index in [1.165, 1.54) is 6.07 Å². The van der Waals surface area contributed by atoms with Crippen molar-refractivity contribution < 1.29 is 14.7 Å².